The highest BCUT2D eigenvalue weighted by Crippen LogP contribution is 2.26. The fraction of sp³-hybridized carbons (Fsp3) is 0.846. The lowest BCUT2D eigenvalue weighted by molar-refractivity contribution is -0.144. The predicted octanol–water partition coefficient (Wildman–Crippen LogP) is 0.888. The number of carbonyl (C=O) groups is 2. The van der Waals surface area contributed by atoms with E-state index in [-0.39, 0.29) is 11.9 Å². The van der Waals surface area contributed by atoms with Crippen LogP contribution in [0, 0.1) is 5.92 Å². The monoisotopic (exact) mass is 254 g/mol. The number of carboxylic acid groups (broad SMARTS) is 1. The minimum Gasteiger partial charge on any atom is -0.481 e. The summed E-state index contributed by atoms with van der Waals surface area (Å²) in [6, 6.07) is -0.206. The molecule has 2 rings (SSSR count). The van der Waals surface area contributed by atoms with E-state index in [1.54, 1.807) is 0 Å². The predicted molar refractivity (Wildman–Crippen MR) is 67.2 cm³/mol. The Hall–Kier alpha value is -1.10. The van der Waals surface area contributed by atoms with Crippen molar-refractivity contribution in [1.29, 1.82) is 0 Å². The van der Waals surface area contributed by atoms with Crippen LogP contribution in [0.4, 0.5) is 0 Å². The molecule has 1 aliphatic carbocycles. The van der Waals surface area contributed by atoms with E-state index < -0.39 is 17.4 Å². The molecule has 1 aliphatic heterocycles. The lowest BCUT2D eigenvalue weighted by Crippen LogP contribution is -2.56. The Balaban J connectivity index is 1.98. The summed E-state index contributed by atoms with van der Waals surface area (Å²) in [5.41, 5.74) is -0.513. The van der Waals surface area contributed by atoms with Crippen molar-refractivity contribution >= 4 is 11.9 Å². The Kier molecular flexibility index (Phi) is 3.90. The molecule has 2 aliphatic rings. The highest BCUT2D eigenvalue weighted by molar-refractivity contribution is 5.87. The Morgan fingerprint density at radius 1 is 1.28 bits per heavy atom. The third-order valence-electron chi connectivity index (χ3n) is 4.27. The summed E-state index contributed by atoms with van der Waals surface area (Å²) in [6.07, 6.45) is 5.21. The van der Waals surface area contributed by atoms with Crippen molar-refractivity contribution in [1.82, 2.24) is 10.6 Å². The summed E-state index contributed by atoms with van der Waals surface area (Å²) in [4.78, 5) is 23.4. The zero-order valence-electron chi connectivity index (χ0n) is 10.9. The van der Waals surface area contributed by atoms with Gasteiger partial charge in [0.15, 0.2) is 0 Å². The lowest BCUT2D eigenvalue weighted by atomic mass is 9.84. The molecule has 1 heterocycles. The number of amides is 1. The Labute approximate surface area is 107 Å². The molecule has 0 aromatic rings. The number of rotatable bonds is 3. The van der Waals surface area contributed by atoms with E-state index in [0.29, 0.717) is 6.42 Å². The minimum atomic E-state index is -0.787. The third-order valence-corrected chi connectivity index (χ3v) is 4.27. The molecule has 1 amide bonds. The van der Waals surface area contributed by atoms with E-state index in [4.69, 9.17) is 0 Å². The second kappa shape index (κ2) is 5.26. The largest absolute Gasteiger partial charge is 0.481 e. The molecule has 1 saturated heterocycles. The first-order valence-electron chi connectivity index (χ1n) is 6.82. The first kappa shape index (κ1) is 13.3. The van der Waals surface area contributed by atoms with Crippen LogP contribution in [0.15, 0.2) is 0 Å². The van der Waals surface area contributed by atoms with Crippen LogP contribution >= 0.6 is 0 Å². The molecule has 102 valence electrons. The Morgan fingerprint density at radius 3 is 2.61 bits per heavy atom. The number of nitrogens with one attached hydrogen (secondary N) is 2. The van der Waals surface area contributed by atoms with Gasteiger partial charge < -0.3 is 15.7 Å². The molecule has 2 fully saturated rings. The smallest absolute Gasteiger partial charge is 0.308 e. The van der Waals surface area contributed by atoms with Crippen molar-refractivity contribution in [3.63, 3.8) is 0 Å². The van der Waals surface area contributed by atoms with Crippen LogP contribution in [0.1, 0.15) is 45.4 Å². The van der Waals surface area contributed by atoms with Crippen molar-refractivity contribution in [2.24, 2.45) is 5.92 Å². The van der Waals surface area contributed by atoms with Crippen LogP contribution in [-0.2, 0) is 9.59 Å². The van der Waals surface area contributed by atoms with Gasteiger partial charge in [-0.25, -0.2) is 0 Å². The average Bonchev–Trinajstić information content (AvgIpc) is 2.78. The van der Waals surface area contributed by atoms with Gasteiger partial charge in [0.05, 0.1) is 11.5 Å². The van der Waals surface area contributed by atoms with Crippen LogP contribution in [0.5, 0.6) is 0 Å². The topological polar surface area (TPSA) is 78.4 Å². The van der Waals surface area contributed by atoms with Crippen LogP contribution in [0.2, 0.25) is 0 Å². The Morgan fingerprint density at radius 2 is 2.00 bits per heavy atom. The fourth-order valence-electron chi connectivity index (χ4n) is 3.02. The van der Waals surface area contributed by atoms with Crippen molar-refractivity contribution < 1.29 is 14.7 Å². The molecular formula is C13H22N2O3. The van der Waals surface area contributed by atoms with Gasteiger partial charge in [0.25, 0.3) is 0 Å². The van der Waals surface area contributed by atoms with Crippen LogP contribution < -0.4 is 10.6 Å². The summed E-state index contributed by atoms with van der Waals surface area (Å²) in [7, 11) is 0. The minimum absolute atomic E-state index is 0.0434. The van der Waals surface area contributed by atoms with Gasteiger partial charge in [0.1, 0.15) is 0 Å². The zero-order valence-corrected chi connectivity index (χ0v) is 10.9. The highest BCUT2D eigenvalue weighted by Gasteiger charge is 2.39. The highest BCUT2D eigenvalue weighted by atomic mass is 16.4. The molecule has 5 nitrogen and oxygen atoms in total. The SMILES string of the molecule is CC1(C(=O)NC2CCCCC2C(=O)O)CCCN1. The van der Waals surface area contributed by atoms with Crippen LogP contribution in [0.25, 0.3) is 0 Å². The van der Waals surface area contributed by atoms with E-state index in [0.717, 1.165) is 38.6 Å². The molecule has 0 spiro atoms. The molecule has 5 heteroatoms. The summed E-state index contributed by atoms with van der Waals surface area (Å²) in [5, 5.41) is 15.3. The maximum atomic E-state index is 12.2. The van der Waals surface area contributed by atoms with Crippen molar-refractivity contribution in [2.75, 3.05) is 6.54 Å². The van der Waals surface area contributed by atoms with E-state index in [9.17, 15) is 14.7 Å². The van der Waals surface area contributed by atoms with Crippen molar-refractivity contribution in [3.8, 4) is 0 Å². The van der Waals surface area contributed by atoms with Crippen molar-refractivity contribution in [2.45, 2.75) is 57.0 Å². The van der Waals surface area contributed by atoms with Gasteiger partial charge in [-0.05, 0) is 39.2 Å². The second-order valence-corrected chi connectivity index (χ2v) is 5.67. The number of hydrogen-bond acceptors (Lipinski definition) is 3. The molecule has 3 atom stereocenters. The Bertz CT molecular complexity index is 337. The van der Waals surface area contributed by atoms with Gasteiger partial charge in [-0.3, -0.25) is 9.59 Å². The summed E-state index contributed by atoms with van der Waals surface area (Å²) in [6.45, 7) is 2.75. The molecule has 1 saturated carbocycles. The molecule has 0 aromatic carbocycles. The first-order valence-corrected chi connectivity index (χ1v) is 6.82. The molecule has 18 heavy (non-hydrogen) atoms. The molecule has 0 radical (unpaired) electrons. The average molecular weight is 254 g/mol. The lowest BCUT2D eigenvalue weighted by Gasteiger charge is -2.32. The van der Waals surface area contributed by atoms with Crippen LogP contribution in [0.3, 0.4) is 0 Å². The van der Waals surface area contributed by atoms with Crippen LogP contribution in [-0.4, -0.2) is 35.1 Å². The number of carbonyl (C=O) groups excluding carboxylic acids is 1. The molecule has 0 bridgehead atoms. The fourth-order valence-corrected chi connectivity index (χ4v) is 3.02. The number of aliphatic carboxylic acids is 1. The van der Waals surface area contributed by atoms with E-state index in [1.165, 1.54) is 0 Å². The molecule has 0 aromatic heterocycles. The normalized spacial score (nSPS) is 36.3. The molecule has 3 N–H and O–H groups in total. The van der Waals surface area contributed by atoms with Gasteiger partial charge in [0, 0.05) is 6.04 Å². The molecular weight excluding hydrogens is 232 g/mol. The van der Waals surface area contributed by atoms with E-state index in [2.05, 4.69) is 10.6 Å². The van der Waals surface area contributed by atoms with Crippen molar-refractivity contribution in [3.05, 3.63) is 0 Å². The number of hydrogen-bond donors (Lipinski definition) is 3. The maximum Gasteiger partial charge on any atom is 0.308 e. The summed E-state index contributed by atoms with van der Waals surface area (Å²) in [5.74, 6) is -1.25. The van der Waals surface area contributed by atoms with E-state index in [1.807, 2.05) is 6.92 Å². The number of carboxylic acids is 1. The van der Waals surface area contributed by atoms with Gasteiger partial charge in [0.2, 0.25) is 5.91 Å². The molecule has 3 unspecified atom stereocenters. The standard InChI is InChI=1S/C13H22N2O3/c1-13(7-4-8-14-13)12(18)15-10-6-3-2-5-9(10)11(16)17/h9-10,14H,2-8H2,1H3,(H,15,18)(H,16,17). The maximum absolute atomic E-state index is 12.2. The summed E-state index contributed by atoms with van der Waals surface area (Å²) >= 11 is 0. The quantitative estimate of drug-likeness (QED) is 0.699. The third kappa shape index (κ3) is 2.66. The van der Waals surface area contributed by atoms with E-state index >= 15 is 0 Å². The van der Waals surface area contributed by atoms with Gasteiger partial charge in [-0.1, -0.05) is 12.8 Å². The summed E-state index contributed by atoms with van der Waals surface area (Å²) < 4.78 is 0. The van der Waals surface area contributed by atoms with Gasteiger partial charge >= 0.3 is 5.97 Å². The zero-order chi connectivity index (χ0) is 13.2. The van der Waals surface area contributed by atoms with Gasteiger partial charge in [-0.15, -0.1) is 0 Å². The first-order chi connectivity index (χ1) is 8.53. The second-order valence-electron chi connectivity index (χ2n) is 5.67. The van der Waals surface area contributed by atoms with Gasteiger partial charge in [-0.2, -0.15) is 0 Å².